The zero-order chi connectivity index (χ0) is 19.7. The molecule has 3 aromatic carbocycles. The van der Waals surface area contributed by atoms with Crippen molar-refractivity contribution in [1.29, 1.82) is 0 Å². The molecule has 140 valence electrons. The molecular formula is C23H20N2O3. The maximum Gasteiger partial charge on any atom is 0.258 e. The molecule has 0 aromatic heterocycles. The second-order valence-corrected chi connectivity index (χ2v) is 6.75. The molecule has 5 heteroatoms. The second-order valence-electron chi connectivity index (χ2n) is 6.75. The molecule has 1 aliphatic rings. The van der Waals surface area contributed by atoms with E-state index in [1.54, 1.807) is 36.3 Å². The molecule has 1 N–H and O–H groups in total. The molecule has 0 spiro atoms. The number of hydrogen-bond acceptors (Lipinski definition) is 3. The van der Waals surface area contributed by atoms with Gasteiger partial charge in [0.05, 0.1) is 19.3 Å². The number of methoxy groups -OCH3 is 1. The van der Waals surface area contributed by atoms with Crippen LogP contribution in [0.2, 0.25) is 0 Å². The Hall–Kier alpha value is -3.60. The van der Waals surface area contributed by atoms with Gasteiger partial charge in [0.1, 0.15) is 5.75 Å². The first kappa shape index (κ1) is 17.8. The molecule has 4 rings (SSSR count). The van der Waals surface area contributed by atoms with E-state index in [-0.39, 0.29) is 11.8 Å². The number of amides is 2. The van der Waals surface area contributed by atoms with Crippen LogP contribution in [-0.4, -0.2) is 18.9 Å². The number of nitrogens with one attached hydrogen (secondary N) is 1. The number of carbonyl (C=O) groups is 2. The Balaban J connectivity index is 1.58. The SMILES string of the molecule is COc1cc(N2Cc3ccccc3C2=O)ccc1NC(=O)c1ccc(C)cc1. The molecule has 0 saturated carbocycles. The smallest absolute Gasteiger partial charge is 0.258 e. The molecule has 0 unspecified atom stereocenters. The van der Waals surface area contributed by atoms with Crippen LogP contribution in [0.4, 0.5) is 11.4 Å². The van der Waals surface area contributed by atoms with Crippen molar-refractivity contribution < 1.29 is 14.3 Å². The Morgan fingerprint density at radius 2 is 1.79 bits per heavy atom. The lowest BCUT2D eigenvalue weighted by Crippen LogP contribution is -2.23. The Morgan fingerprint density at radius 1 is 1.04 bits per heavy atom. The van der Waals surface area contributed by atoms with Crippen LogP contribution >= 0.6 is 0 Å². The van der Waals surface area contributed by atoms with Gasteiger partial charge in [-0.3, -0.25) is 9.59 Å². The Bertz CT molecular complexity index is 1060. The van der Waals surface area contributed by atoms with E-state index < -0.39 is 0 Å². The van der Waals surface area contributed by atoms with E-state index in [4.69, 9.17) is 4.74 Å². The van der Waals surface area contributed by atoms with Gasteiger partial charge in [0.15, 0.2) is 0 Å². The number of aryl methyl sites for hydroxylation is 1. The lowest BCUT2D eigenvalue weighted by molar-refractivity contribution is 0.0994. The summed E-state index contributed by atoms with van der Waals surface area (Å²) < 4.78 is 5.46. The number of nitrogens with zero attached hydrogens (tertiary/aromatic N) is 1. The van der Waals surface area contributed by atoms with E-state index >= 15 is 0 Å². The average molecular weight is 372 g/mol. The Kier molecular flexibility index (Phi) is 4.57. The van der Waals surface area contributed by atoms with Gasteiger partial charge >= 0.3 is 0 Å². The molecule has 28 heavy (non-hydrogen) atoms. The molecular weight excluding hydrogens is 352 g/mol. The summed E-state index contributed by atoms with van der Waals surface area (Å²) in [6.45, 7) is 2.49. The van der Waals surface area contributed by atoms with E-state index in [1.165, 1.54) is 0 Å². The number of rotatable bonds is 4. The normalized spacial score (nSPS) is 12.6. The number of anilines is 2. The summed E-state index contributed by atoms with van der Waals surface area (Å²) in [7, 11) is 1.54. The first-order valence-corrected chi connectivity index (χ1v) is 9.02. The predicted molar refractivity (Wildman–Crippen MR) is 109 cm³/mol. The van der Waals surface area contributed by atoms with Gasteiger partial charge in [-0.2, -0.15) is 0 Å². The molecule has 1 aliphatic heterocycles. The van der Waals surface area contributed by atoms with Crippen LogP contribution in [0.3, 0.4) is 0 Å². The first-order valence-electron chi connectivity index (χ1n) is 9.02. The fourth-order valence-electron chi connectivity index (χ4n) is 3.31. The van der Waals surface area contributed by atoms with E-state index in [2.05, 4.69) is 5.32 Å². The predicted octanol–water partition coefficient (Wildman–Crippen LogP) is 4.42. The molecule has 0 bridgehead atoms. The van der Waals surface area contributed by atoms with Gasteiger partial charge in [0, 0.05) is 22.9 Å². The molecule has 1 heterocycles. The van der Waals surface area contributed by atoms with Crippen LogP contribution in [0.15, 0.2) is 66.7 Å². The first-order chi connectivity index (χ1) is 13.6. The topological polar surface area (TPSA) is 58.6 Å². The lowest BCUT2D eigenvalue weighted by atomic mass is 10.1. The van der Waals surface area contributed by atoms with E-state index in [1.807, 2.05) is 49.4 Å². The summed E-state index contributed by atoms with van der Waals surface area (Å²) in [5, 5.41) is 2.88. The molecule has 0 fully saturated rings. The third-order valence-corrected chi connectivity index (χ3v) is 4.88. The number of hydrogen-bond donors (Lipinski definition) is 1. The highest BCUT2D eigenvalue weighted by molar-refractivity contribution is 6.10. The summed E-state index contributed by atoms with van der Waals surface area (Å²) in [4.78, 5) is 26.9. The maximum atomic E-state index is 12.7. The molecule has 0 aliphatic carbocycles. The zero-order valence-electron chi connectivity index (χ0n) is 15.7. The number of carbonyl (C=O) groups excluding carboxylic acids is 2. The highest BCUT2D eigenvalue weighted by Gasteiger charge is 2.28. The highest BCUT2D eigenvalue weighted by atomic mass is 16.5. The van der Waals surface area contributed by atoms with Crippen molar-refractivity contribution >= 4 is 23.2 Å². The maximum absolute atomic E-state index is 12.7. The average Bonchev–Trinajstić information content (AvgIpc) is 3.05. The van der Waals surface area contributed by atoms with Crippen LogP contribution < -0.4 is 15.0 Å². The monoisotopic (exact) mass is 372 g/mol. The fourth-order valence-corrected chi connectivity index (χ4v) is 3.31. The lowest BCUT2D eigenvalue weighted by Gasteiger charge is -2.18. The summed E-state index contributed by atoms with van der Waals surface area (Å²) in [5.41, 5.74) is 4.67. The quantitative estimate of drug-likeness (QED) is 0.738. The minimum absolute atomic E-state index is 0.0332. The van der Waals surface area contributed by atoms with Gasteiger partial charge in [-0.1, -0.05) is 35.9 Å². The Morgan fingerprint density at radius 3 is 2.50 bits per heavy atom. The van der Waals surface area contributed by atoms with Crippen molar-refractivity contribution in [3.05, 3.63) is 89.0 Å². The minimum atomic E-state index is -0.212. The number of benzene rings is 3. The molecule has 2 amide bonds. The fraction of sp³-hybridized carbons (Fsp3) is 0.130. The van der Waals surface area contributed by atoms with Crippen LogP contribution in [0.1, 0.15) is 31.8 Å². The van der Waals surface area contributed by atoms with Crippen molar-refractivity contribution in [3.63, 3.8) is 0 Å². The van der Waals surface area contributed by atoms with E-state index in [0.717, 1.165) is 22.4 Å². The second kappa shape index (κ2) is 7.19. The van der Waals surface area contributed by atoms with Crippen molar-refractivity contribution in [3.8, 4) is 5.75 Å². The summed E-state index contributed by atoms with van der Waals surface area (Å²) in [5.74, 6) is 0.256. The van der Waals surface area contributed by atoms with Gasteiger partial charge in [-0.05, 0) is 42.8 Å². The van der Waals surface area contributed by atoms with Crippen LogP contribution in [0.5, 0.6) is 5.75 Å². The van der Waals surface area contributed by atoms with Crippen LogP contribution in [0.25, 0.3) is 0 Å². The molecule has 3 aromatic rings. The molecule has 5 nitrogen and oxygen atoms in total. The van der Waals surface area contributed by atoms with Gasteiger partial charge in [0.2, 0.25) is 0 Å². The number of fused-ring (bicyclic) bond motifs is 1. The van der Waals surface area contributed by atoms with E-state index in [0.29, 0.717) is 23.5 Å². The molecule has 0 saturated heterocycles. The van der Waals surface area contributed by atoms with Gasteiger partial charge in [-0.15, -0.1) is 0 Å². The molecule has 0 atom stereocenters. The highest BCUT2D eigenvalue weighted by Crippen LogP contribution is 2.34. The summed E-state index contributed by atoms with van der Waals surface area (Å²) >= 11 is 0. The van der Waals surface area contributed by atoms with Crippen molar-refractivity contribution in [1.82, 2.24) is 0 Å². The van der Waals surface area contributed by atoms with Crippen molar-refractivity contribution in [2.75, 3.05) is 17.3 Å². The van der Waals surface area contributed by atoms with Gasteiger partial charge < -0.3 is 15.0 Å². The van der Waals surface area contributed by atoms with Crippen LogP contribution in [0, 0.1) is 6.92 Å². The van der Waals surface area contributed by atoms with Crippen molar-refractivity contribution in [2.24, 2.45) is 0 Å². The van der Waals surface area contributed by atoms with Gasteiger partial charge in [-0.25, -0.2) is 0 Å². The third-order valence-electron chi connectivity index (χ3n) is 4.88. The van der Waals surface area contributed by atoms with Crippen molar-refractivity contribution in [2.45, 2.75) is 13.5 Å². The largest absolute Gasteiger partial charge is 0.494 e. The van der Waals surface area contributed by atoms with Gasteiger partial charge in [0.25, 0.3) is 11.8 Å². The standard InChI is InChI=1S/C23H20N2O3/c1-15-7-9-16(10-8-15)22(26)24-20-12-11-18(13-21(20)28-2)25-14-17-5-3-4-6-19(17)23(25)27/h3-13H,14H2,1-2H3,(H,24,26). The van der Waals surface area contributed by atoms with Crippen LogP contribution in [-0.2, 0) is 6.54 Å². The Labute approximate surface area is 163 Å². The third kappa shape index (κ3) is 3.22. The van der Waals surface area contributed by atoms with E-state index in [9.17, 15) is 9.59 Å². The summed E-state index contributed by atoms with van der Waals surface area (Å²) in [6.07, 6.45) is 0. The number of ether oxygens (including phenoxy) is 1. The summed E-state index contributed by atoms with van der Waals surface area (Å²) in [6, 6.07) is 20.3. The zero-order valence-corrected chi connectivity index (χ0v) is 15.7. The molecule has 0 radical (unpaired) electrons. The minimum Gasteiger partial charge on any atom is -0.494 e.